The number of anilines is 1. The van der Waals surface area contributed by atoms with E-state index in [1.165, 1.54) is 11.3 Å². The van der Waals surface area contributed by atoms with Gasteiger partial charge in [-0.15, -0.1) is 11.3 Å². The SMILES string of the molecule is Cc1ccccc1C(=O)Nc1sc2c(c1C(=O)O)CC[C@H](C(C)(C)C)C2. The molecule has 1 atom stereocenters. The lowest BCUT2D eigenvalue weighted by Crippen LogP contribution is -2.26. The van der Waals surface area contributed by atoms with Crippen molar-refractivity contribution in [2.45, 2.75) is 47.0 Å². The molecule has 1 amide bonds. The number of hydrogen-bond donors (Lipinski definition) is 2. The van der Waals surface area contributed by atoms with Crippen LogP contribution in [-0.4, -0.2) is 17.0 Å². The van der Waals surface area contributed by atoms with Crippen molar-refractivity contribution in [1.82, 2.24) is 0 Å². The molecule has 138 valence electrons. The number of thiophene rings is 1. The molecule has 0 fully saturated rings. The Bertz CT molecular complexity index is 861. The third kappa shape index (κ3) is 3.54. The monoisotopic (exact) mass is 371 g/mol. The molecule has 0 bridgehead atoms. The van der Waals surface area contributed by atoms with Crippen molar-refractivity contribution in [3.8, 4) is 0 Å². The molecule has 26 heavy (non-hydrogen) atoms. The maximum absolute atomic E-state index is 12.6. The average Bonchev–Trinajstić information content (AvgIpc) is 2.91. The van der Waals surface area contributed by atoms with E-state index in [1.807, 2.05) is 25.1 Å². The second-order valence-electron chi connectivity index (χ2n) is 8.09. The van der Waals surface area contributed by atoms with E-state index in [4.69, 9.17) is 0 Å². The summed E-state index contributed by atoms with van der Waals surface area (Å²) in [5.41, 5.74) is 2.82. The first-order chi connectivity index (χ1) is 12.2. The van der Waals surface area contributed by atoms with Crippen LogP contribution in [0.25, 0.3) is 0 Å². The highest BCUT2D eigenvalue weighted by atomic mass is 32.1. The third-order valence-corrected chi connectivity index (χ3v) is 6.49. The molecule has 4 nitrogen and oxygen atoms in total. The minimum Gasteiger partial charge on any atom is -0.478 e. The molecule has 0 saturated heterocycles. The van der Waals surface area contributed by atoms with E-state index in [-0.39, 0.29) is 16.9 Å². The van der Waals surface area contributed by atoms with Crippen LogP contribution in [-0.2, 0) is 12.8 Å². The highest BCUT2D eigenvalue weighted by Crippen LogP contribution is 2.44. The summed E-state index contributed by atoms with van der Waals surface area (Å²) in [6.07, 6.45) is 2.62. The Hall–Kier alpha value is -2.14. The molecule has 1 aliphatic carbocycles. The first-order valence-electron chi connectivity index (χ1n) is 8.93. The van der Waals surface area contributed by atoms with Gasteiger partial charge in [0.25, 0.3) is 5.91 Å². The van der Waals surface area contributed by atoms with Gasteiger partial charge < -0.3 is 10.4 Å². The van der Waals surface area contributed by atoms with Crippen LogP contribution in [0.15, 0.2) is 24.3 Å². The van der Waals surface area contributed by atoms with Crippen LogP contribution >= 0.6 is 11.3 Å². The van der Waals surface area contributed by atoms with E-state index in [1.54, 1.807) is 6.07 Å². The van der Waals surface area contributed by atoms with Gasteiger partial charge in [-0.3, -0.25) is 4.79 Å². The summed E-state index contributed by atoms with van der Waals surface area (Å²) < 4.78 is 0. The van der Waals surface area contributed by atoms with Crippen molar-refractivity contribution < 1.29 is 14.7 Å². The Morgan fingerprint density at radius 3 is 2.54 bits per heavy atom. The number of carbonyl (C=O) groups excluding carboxylic acids is 1. The lowest BCUT2D eigenvalue weighted by Gasteiger charge is -2.33. The zero-order chi connectivity index (χ0) is 19.1. The number of amides is 1. The number of hydrogen-bond acceptors (Lipinski definition) is 3. The van der Waals surface area contributed by atoms with E-state index < -0.39 is 5.97 Å². The van der Waals surface area contributed by atoms with Gasteiger partial charge in [0.2, 0.25) is 0 Å². The average molecular weight is 372 g/mol. The normalized spacial score (nSPS) is 16.8. The van der Waals surface area contributed by atoms with Crippen molar-refractivity contribution >= 4 is 28.2 Å². The molecule has 1 aliphatic rings. The van der Waals surface area contributed by atoms with E-state index in [2.05, 4.69) is 26.1 Å². The zero-order valence-electron chi connectivity index (χ0n) is 15.7. The molecular formula is C21H25NO3S. The Labute approximate surface area is 158 Å². The van der Waals surface area contributed by atoms with Crippen LogP contribution in [0.3, 0.4) is 0 Å². The molecule has 2 aromatic rings. The lowest BCUT2D eigenvalue weighted by atomic mass is 9.72. The minimum absolute atomic E-state index is 0.190. The molecule has 1 aromatic carbocycles. The fourth-order valence-corrected chi connectivity index (χ4v) is 4.95. The van der Waals surface area contributed by atoms with Gasteiger partial charge in [-0.2, -0.15) is 0 Å². The lowest BCUT2D eigenvalue weighted by molar-refractivity contribution is 0.0696. The Balaban J connectivity index is 1.94. The molecule has 0 aliphatic heterocycles. The quantitative estimate of drug-likeness (QED) is 0.783. The van der Waals surface area contributed by atoms with E-state index in [0.717, 1.165) is 35.3 Å². The highest BCUT2D eigenvalue weighted by molar-refractivity contribution is 7.17. The van der Waals surface area contributed by atoms with Gasteiger partial charge >= 0.3 is 5.97 Å². The molecule has 0 spiro atoms. The number of carboxylic acids is 1. The van der Waals surface area contributed by atoms with E-state index in [9.17, 15) is 14.7 Å². The second-order valence-corrected chi connectivity index (χ2v) is 9.19. The summed E-state index contributed by atoms with van der Waals surface area (Å²) in [6.45, 7) is 8.57. The largest absolute Gasteiger partial charge is 0.478 e. The molecule has 0 saturated carbocycles. The van der Waals surface area contributed by atoms with Crippen LogP contribution < -0.4 is 5.32 Å². The number of carbonyl (C=O) groups is 2. The van der Waals surface area contributed by atoms with Crippen LogP contribution in [0.1, 0.15) is 63.9 Å². The van der Waals surface area contributed by atoms with Crippen molar-refractivity contribution in [3.05, 3.63) is 51.4 Å². The highest BCUT2D eigenvalue weighted by Gasteiger charge is 2.34. The Morgan fingerprint density at radius 1 is 1.23 bits per heavy atom. The number of benzene rings is 1. The van der Waals surface area contributed by atoms with Crippen LogP contribution in [0.5, 0.6) is 0 Å². The van der Waals surface area contributed by atoms with Gasteiger partial charge in [0.15, 0.2) is 0 Å². The molecule has 5 heteroatoms. The Morgan fingerprint density at radius 2 is 1.92 bits per heavy atom. The van der Waals surface area contributed by atoms with Gasteiger partial charge in [0.05, 0.1) is 5.56 Å². The summed E-state index contributed by atoms with van der Waals surface area (Å²) in [4.78, 5) is 25.6. The van der Waals surface area contributed by atoms with Crippen LogP contribution in [0, 0.1) is 18.3 Å². The van der Waals surface area contributed by atoms with Crippen LogP contribution in [0.4, 0.5) is 5.00 Å². The summed E-state index contributed by atoms with van der Waals surface area (Å²) in [6, 6.07) is 7.33. The Kier molecular flexibility index (Phi) is 4.93. The number of carboxylic acid groups (broad SMARTS) is 1. The number of nitrogens with one attached hydrogen (secondary N) is 1. The van der Waals surface area contributed by atoms with Gasteiger partial charge in [0.1, 0.15) is 5.00 Å². The molecular weight excluding hydrogens is 346 g/mol. The standard InChI is InChI=1S/C21H25NO3S/c1-12-7-5-6-8-14(12)18(23)22-19-17(20(24)25)15-10-9-13(21(2,3)4)11-16(15)26-19/h5-8,13H,9-11H2,1-4H3,(H,22,23)(H,24,25)/t13-/m0/s1. The van der Waals surface area contributed by atoms with E-state index >= 15 is 0 Å². The molecule has 0 unspecified atom stereocenters. The van der Waals surface area contributed by atoms with Crippen LogP contribution in [0.2, 0.25) is 0 Å². The molecule has 1 heterocycles. The molecule has 0 radical (unpaired) electrons. The van der Waals surface area contributed by atoms with Gasteiger partial charge in [-0.1, -0.05) is 39.0 Å². The number of rotatable bonds is 3. The summed E-state index contributed by atoms with van der Waals surface area (Å²) in [5.74, 6) is -0.691. The van der Waals surface area contributed by atoms with Crippen molar-refractivity contribution in [2.24, 2.45) is 11.3 Å². The van der Waals surface area contributed by atoms with Gasteiger partial charge in [-0.05, 0) is 54.7 Å². The summed E-state index contributed by atoms with van der Waals surface area (Å²) in [5, 5.41) is 13.1. The number of aromatic carboxylic acids is 1. The fourth-order valence-electron chi connectivity index (χ4n) is 3.64. The fraction of sp³-hybridized carbons (Fsp3) is 0.429. The van der Waals surface area contributed by atoms with Crippen molar-refractivity contribution in [2.75, 3.05) is 5.32 Å². The molecule has 3 rings (SSSR count). The van der Waals surface area contributed by atoms with Crippen molar-refractivity contribution in [1.29, 1.82) is 0 Å². The third-order valence-electron chi connectivity index (χ3n) is 5.32. The van der Waals surface area contributed by atoms with Crippen molar-refractivity contribution in [3.63, 3.8) is 0 Å². The first kappa shape index (κ1) is 18.6. The van der Waals surface area contributed by atoms with Gasteiger partial charge in [-0.25, -0.2) is 4.79 Å². The topological polar surface area (TPSA) is 66.4 Å². The van der Waals surface area contributed by atoms with E-state index in [0.29, 0.717) is 16.5 Å². The maximum atomic E-state index is 12.6. The first-order valence-corrected chi connectivity index (χ1v) is 9.75. The summed E-state index contributed by atoms with van der Waals surface area (Å²) >= 11 is 1.43. The second kappa shape index (κ2) is 6.88. The zero-order valence-corrected chi connectivity index (χ0v) is 16.5. The predicted octanol–water partition coefficient (Wildman–Crippen LogP) is 5.16. The summed E-state index contributed by atoms with van der Waals surface area (Å²) in [7, 11) is 0. The predicted molar refractivity (Wildman–Crippen MR) is 105 cm³/mol. The smallest absolute Gasteiger partial charge is 0.339 e. The minimum atomic E-state index is -0.961. The number of fused-ring (bicyclic) bond motifs is 1. The number of aryl methyl sites for hydroxylation is 1. The molecule has 2 N–H and O–H groups in total. The molecule has 1 aromatic heterocycles. The van der Waals surface area contributed by atoms with Gasteiger partial charge in [0, 0.05) is 10.4 Å². The maximum Gasteiger partial charge on any atom is 0.339 e.